The standard InChI is InChI=1S/C26H28F3N3O4/c1-26(2,3)21(13-33)32-12-18(25(35)36)22(34)17-9-14(23(30-24(17)32)31-7-4-8-31)5-6-16-19(28)10-15(27)11-20(16)29/h9-12,21,33H,4-8,13H2,1-3H3,(H,35,36). The van der Waals surface area contributed by atoms with Gasteiger partial charge in [0.25, 0.3) is 0 Å². The molecule has 4 rings (SSSR count). The third-order valence-electron chi connectivity index (χ3n) is 6.71. The Morgan fingerprint density at radius 2 is 1.75 bits per heavy atom. The minimum Gasteiger partial charge on any atom is -0.477 e. The Balaban J connectivity index is 1.92. The Morgan fingerprint density at radius 3 is 2.25 bits per heavy atom. The molecule has 10 heteroatoms. The van der Waals surface area contributed by atoms with Gasteiger partial charge in [0.2, 0.25) is 5.43 Å². The number of carboxylic acid groups (broad SMARTS) is 1. The molecule has 1 aliphatic rings. The Labute approximate surface area is 205 Å². The Hall–Kier alpha value is -3.40. The molecule has 1 atom stereocenters. The van der Waals surface area contributed by atoms with E-state index in [2.05, 4.69) is 0 Å². The van der Waals surface area contributed by atoms with Crippen molar-refractivity contribution in [3.8, 4) is 0 Å². The molecule has 0 amide bonds. The number of benzene rings is 1. The van der Waals surface area contributed by atoms with Crippen LogP contribution >= 0.6 is 0 Å². The van der Waals surface area contributed by atoms with Crippen LogP contribution in [0.15, 0.2) is 29.2 Å². The minimum atomic E-state index is -1.41. The Kier molecular flexibility index (Phi) is 6.83. The van der Waals surface area contributed by atoms with Gasteiger partial charge in [-0.25, -0.2) is 22.9 Å². The lowest BCUT2D eigenvalue weighted by Crippen LogP contribution is -2.39. The van der Waals surface area contributed by atoms with Gasteiger partial charge in [-0.3, -0.25) is 4.79 Å². The quantitative estimate of drug-likeness (QED) is 0.505. The van der Waals surface area contributed by atoms with Gasteiger partial charge in [-0.15, -0.1) is 0 Å². The molecule has 7 nitrogen and oxygen atoms in total. The minimum absolute atomic E-state index is 0.0388. The molecule has 1 aliphatic heterocycles. The number of aliphatic hydroxyl groups excluding tert-OH is 1. The zero-order valence-electron chi connectivity index (χ0n) is 20.3. The summed E-state index contributed by atoms with van der Waals surface area (Å²) in [7, 11) is 0. The number of aliphatic hydroxyl groups is 1. The van der Waals surface area contributed by atoms with Crippen molar-refractivity contribution in [2.24, 2.45) is 5.41 Å². The van der Waals surface area contributed by atoms with Gasteiger partial charge in [0.1, 0.15) is 34.5 Å². The second kappa shape index (κ2) is 9.57. The molecule has 0 spiro atoms. The van der Waals surface area contributed by atoms with Gasteiger partial charge in [0.05, 0.1) is 18.0 Å². The van der Waals surface area contributed by atoms with Gasteiger partial charge < -0.3 is 19.7 Å². The van der Waals surface area contributed by atoms with E-state index in [1.165, 1.54) is 16.8 Å². The van der Waals surface area contributed by atoms with Gasteiger partial charge in [-0.1, -0.05) is 20.8 Å². The predicted molar refractivity (Wildman–Crippen MR) is 129 cm³/mol. The normalized spacial score (nSPS) is 14.7. The fraction of sp³-hybridized carbons (Fsp3) is 0.423. The lowest BCUT2D eigenvalue weighted by molar-refractivity contribution is 0.0692. The van der Waals surface area contributed by atoms with Crippen LogP contribution in [-0.4, -0.2) is 45.4 Å². The largest absolute Gasteiger partial charge is 0.477 e. The molecule has 3 heterocycles. The number of aromatic carboxylic acids is 1. The van der Waals surface area contributed by atoms with E-state index in [9.17, 15) is 33.0 Å². The number of fused-ring (bicyclic) bond motifs is 1. The molecule has 1 unspecified atom stereocenters. The summed E-state index contributed by atoms with van der Waals surface area (Å²) in [5, 5.41) is 19.9. The van der Waals surface area contributed by atoms with E-state index in [4.69, 9.17) is 4.98 Å². The van der Waals surface area contributed by atoms with Crippen molar-refractivity contribution in [1.82, 2.24) is 9.55 Å². The predicted octanol–water partition coefficient (Wildman–Crippen LogP) is 4.09. The van der Waals surface area contributed by atoms with Crippen LogP contribution in [-0.2, 0) is 12.8 Å². The van der Waals surface area contributed by atoms with E-state index in [0.29, 0.717) is 36.6 Å². The van der Waals surface area contributed by atoms with Crippen LogP contribution in [0.2, 0.25) is 0 Å². The summed E-state index contributed by atoms with van der Waals surface area (Å²) >= 11 is 0. The maximum atomic E-state index is 14.3. The molecule has 2 aromatic heterocycles. The lowest BCUT2D eigenvalue weighted by atomic mass is 9.86. The molecule has 0 radical (unpaired) electrons. The molecule has 3 aromatic rings. The average Bonchev–Trinajstić information content (AvgIpc) is 2.73. The SMILES string of the molecule is CC(C)(C)C(CO)n1cc(C(=O)O)c(=O)c2cc(CCc3c(F)cc(F)cc3F)c(N3CCC3)nc21. The first-order chi connectivity index (χ1) is 16.9. The molecule has 2 N–H and O–H groups in total. The number of hydrogen-bond acceptors (Lipinski definition) is 5. The molecular weight excluding hydrogens is 475 g/mol. The van der Waals surface area contributed by atoms with E-state index >= 15 is 0 Å². The maximum absolute atomic E-state index is 14.3. The van der Waals surface area contributed by atoms with E-state index < -0.39 is 45.9 Å². The molecule has 192 valence electrons. The van der Waals surface area contributed by atoms with Gasteiger partial charge >= 0.3 is 5.97 Å². The van der Waals surface area contributed by atoms with Crippen molar-refractivity contribution in [2.45, 2.75) is 46.1 Å². The fourth-order valence-electron chi connectivity index (χ4n) is 4.53. The molecular formula is C26H28F3N3O4. The van der Waals surface area contributed by atoms with Crippen molar-refractivity contribution in [3.63, 3.8) is 0 Å². The molecule has 1 saturated heterocycles. The molecule has 1 fully saturated rings. The summed E-state index contributed by atoms with van der Waals surface area (Å²) in [5.41, 5.74) is -1.23. The van der Waals surface area contributed by atoms with Crippen LogP contribution in [0.3, 0.4) is 0 Å². The molecule has 0 saturated carbocycles. The van der Waals surface area contributed by atoms with E-state index in [0.717, 1.165) is 6.42 Å². The molecule has 1 aromatic carbocycles. The highest BCUT2D eigenvalue weighted by Crippen LogP contribution is 2.34. The van der Waals surface area contributed by atoms with E-state index in [1.54, 1.807) is 0 Å². The molecule has 0 aliphatic carbocycles. The van der Waals surface area contributed by atoms with Crippen LogP contribution < -0.4 is 10.3 Å². The number of pyridine rings is 2. The molecule has 0 bridgehead atoms. The van der Waals surface area contributed by atoms with Crippen LogP contribution in [0, 0.1) is 22.9 Å². The zero-order valence-corrected chi connectivity index (χ0v) is 20.3. The lowest BCUT2D eigenvalue weighted by Gasteiger charge is -2.35. The number of aryl methyl sites for hydroxylation is 1. The van der Waals surface area contributed by atoms with Crippen LogP contribution in [0.5, 0.6) is 0 Å². The highest BCUT2D eigenvalue weighted by molar-refractivity contribution is 5.92. The second-order valence-electron chi connectivity index (χ2n) is 10.2. The maximum Gasteiger partial charge on any atom is 0.341 e. The second-order valence-corrected chi connectivity index (χ2v) is 10.2. The average molecular weight is 504 g/mol. The summed E-state index contributed by atoms with van der Waals surface area (Å²) in [6, 6.07) is 2.18. The number of anilines is 1. The number of aromatic nitrogens is 2. The van der Waals surface area contributed by atoms with Crippen molar-refractivity contribution < 1.29 is 28.2 Å². The van der Waals surface area contributed by atoms with Crippen LogP contribution in [0.4, 0.5) is 19.0 Å². The number of nitrogens with zero attached hydrogens (tertiary/aromatic N) is 3. The highest BCUT2D eigenvalue weighted by Gasteiger charge is 2.30. The van der Waals surface area contributed by atoms with Crippen molar-refractivity contribution in [2.75, 3.05) is 24.6 Å². The first-order valence-electron chi connectivity index (χ1n) is 11.7. The van der Waals surface area contributed by atoms with Crippen molar-refractivity contribution >= 4 is 22.8 Å². The summed E-state index contributed by atoms with van der Waals surface area (Å²) in [6.07, 6.45) is 2.12. The van der Waals surface area contributed by atoms with E-state index in [1.807, 2.05) is 25.7 Å². The third-order valence-corrected chi connectivity index (χ3v) is 6.71. The summed E-state index contributed by atoms with van der Waals surface area (Å²) in [5.74, 6) is -3.90. The van der Waals surface area contributed by atoms with Gasteiger partial charge in [-0.2, -0.15) is 0 Å². The fourth-order valence-corrected chi connectivity index (χ4v) is 4.53. The number of halogens is 3. The summed E-state index contributed by atoms with van der Waals surface area (Å²) in [4.78, 5) is 31.8. The first kappa shape index (κ1) is 25.7. The number of hydrogen-bond donors (Lipinski definition) is 2. The first-order valence-corrected chi connectivity index (χ1v) is 11.7. The highest BCUT2D eigenvalue weighted by atomic mass is 19.1. The van der Waals surface area contributed by atoms with Gasteiger partial charge in [-0.05, 0) is 36.3 Å². The summed E-state index contributed by atoms with van der Waals surface area (Å²) < 4.78 is 43.4. The van der Waals surface area contributed by atoms with Gasteiger partial charge in [0, 0.05) is 37.0 Å². The van der Waals surface area contributed by atoms with Gasteiger partial charge in [0.15, 0.2) is 0 Å². The smallest absolute Gasteiger partial charge is 0.341 e. The van der Waals surface area contributed by atoms with Crippen molar-refractivity contribution in [1.29, 1.82) is 0 Å². The number of carboxylic acids is 1. The topological polar surface area (TPSA) is 95.7 Å². The van der Waals surface area contributed by atoms with Crippen LogP contribution in [0.1, 0.15) is 54.7 Å². The Bertz CT molecular complexity index is 1370. The molecule has 36 heavy (non-hydrogen) atoms. The summed E-state index contributed by atoms with van der Waals surface area (Å²) in [6.45, 7) is 6.74. The number of rotatable bonds is 7. The number of carbonyl (C=O) groups is 1. The van der Waals surface area contributed by atoms with Crippen LogP contribution in [0.25, 0.3) is 11.0 Å². The van der Waals surface area contributed by atoms with E-state index in [-0.39, 0.29) is 36.0 Å². The zero-order chi connectivity index (χ0) is 26.4. The third kappa shape index (κ3) is 4.69. The Morgan fingerprint density at radius 1 is 1.11 bits per heavy atom. The monoisotopic (exact) mass is 503 g/mol. The van der Waals surface area contributed by atoms with Crippen molar-refractivity contribution in [3.05, 3.63) is 68.8 Å².